The fourth-order valence-corrected chi connectivity index (χ4v) is 3.91. The Kier molecular flexibility index (Phi) is 4.97. The topological polar surface area (TPSA) is 63.2 Å². The highest BCUT2D eigenvalue weighted by Crippen LogP contribution is 2.42. The summed E-state index contributed by atoms with van der Waals surface area (Å²) < 4.78 is 38.9. The molecule has 0 bridgehead atoms. The van der Waals surface area contributed by atoms with E-state index in [0.717, 1.165) is 12.1 Å². The van der Waals surface area contributed by atoms with Crippen molar-refractivity contribution >= 4 is 23.2 Å². The first kappa shape index (κ1) is 20.5. The van der Waals surface area contributed by atoms with Crippen LogP contribution < -0.4 is 5.32 Å². The lowest BCUT2D eigenvalue weighted by molar-refractivity contribution is -0.137. The van der Waals surface area contributed by atoms with Crippen LogP contribution >= 0.6 is 0 Å². The summed E-state index contributed by atoms with van der Waals surface area (Å²) >= 11 is 0. The van der Waals surface area contributed by atoms with Gasteiger partial charge in [-0.25, -0.2) is 0 Å². The zero-order valence-electron chi connectivity index (χ0n) is 16.1. The van der Waals surface area contributed by atoms with Gasteiger partial charge in [0.2, 0.25) is 5.91 Å². The number of ketones is 2. The van der Waals surface area contributed by atoms with E-state index in [0.29, 0.717) is 5.56 Å². The lowest BCUT2D eigenvalue weighted by Gasteiger charge is -2.26. The number of benzene rings is 3. The molecule has 3 aromatic carbocycles. The minimum absolute atomic E-state index is 0.0709. The van der Waals surface area contributed by atoms with E-state index in [9.17, 15) is 27.6 Å². The van der Waals surface area contributed by atoms with E-state index in [4.69, 9.17) is 0 Å². The molecule has 1 aliphatic rings. The van der Waals surface area contributed by atoms with Crippen molar-refractivity contribution in [1.29, 1.82) is 0 Å². The quantitative estimate of drug-likeness (QED) is 0.598. The average molecular weight is 423 g/mol. The van der Waals surface area contributed by atoms with E-state index < -0.39 is 41.0 Å². The molecule has 4 rings (SSSR count). The van der Waals surface area contributed by atoms with Crippen molar-refractivity contribution in [3.63, 3.8) is 0 Å². The molecule has 1 amide bonds. The minimum Gasteiger partial charge on any atom is -0.326 e. The Balaban J connectivity index is 1.70. The summed E-state index contributed by atoms with van der Waals surface area (Å²) in [5, 5.41) is 2.40. The number of Topliss-reactive ketones (excluding diaryl/α,β-unsaturated/α-hetero) is 2. The zero-order chi connectivity index (χ0) is 22.2. The highest BCUT2D eigenvalue weighted by Gasteiger charge is 2.55. The highest BCUT2D eigenvalue weighted by molar-refractivity contribution is 6.34. The number of carbonyl (C=O) groups is 3. The van der Waals surface area contributed by atoms with Crippen molar-refractivity contribution in [3.05, 3.63) is 101 Å². The van der Waals surface area contributed by atoms with E-state index in [1.807, 2.05) is 0 Å². The zero-order valence-corrected chi connectivity index (χ0v) is 16.1. The fourth-order valence-electron chi connectivity index (χ4n) is 3.91. The number of alkyl halides is 3. The van der Waals surface area contributed by atoms with Crippen LogP contribution in [0.3, 0.4) is 0 Å². The molecule has 4 nitrogen and oxygen atoms in total. The molecule has 0 atom stereocenters. The molecule has 1 aliphatic carbocycles. The van der Waals surface area contributed by atoms with Crippen molar-refractivity contribution in [3.8, 4) is 0 Å². The third kappa shape index (κ3) is 3.52. The van der Waals surface area contributed by atoms with Gasteiger partial charge in [-0.3, -0.25) is 14.4 Å². The Hall–Kier alpha value is -3.74. The van der Waals surface area contributed by atoms with Crippen LogP contribution in [0, 0.1) is 0 Å². The first-order valence-electron chi connectivity index (χ1n) is 9.45. The van der Waals surface area contributed by atoms with E-state index >= 15 is 0 Å². The predicted molar refractivity (Wildman–Crippen MR) is 108 cm³/mol. The van der Waals surface area contributed by atoms with Gasteiger partial charge in [0.15, 0.2) is 11.6 Å². The SMILES string of the molecule is O=C(CC1(c2ccccc2)C(=O)c2ccccc2C1=O)Nc1cccc(C(F)(F)F)c1. The Labute approximate surface area is 175 Å². The number of halogens is 3. The van der Waals surface area contributed by atoms with Gasteiger partial charge in [-0.05, 0) is 23.8 Å². The minimum atomic E-state index is -4.56. The Morgan fingerprint density at radius 1 is 0.806 bits per heavy atom. The number of amides is 1. The summed E-state index contributed by atoms with van der Waals surface area (Å²) in [6, 6.07) is 18.7. The summed E-state index contributed by atoms with van der Waals surface area (Å²) in [6.07, 6.45) is -5.09. The predicted octanol–water partition coefficient (Wildman–Crippen LogP) is 5.05. The number of carbonyl (C=O) groups excluding carboxylic acids is 3. The van der Waals surface area contributed by atoms with Gasteiger partial charge in [-0.1, -0.05) is 60.7 Å². The molecule has 7 heteroatoms. The molecular weight excluding hydrogens is 407 g/mol. The highest BCUT2D eigenvalue weighted by atomic mass is 19.4. The maximum absolute atomic E-state index is 13.4. The molecule has 0 aromatic heterocycles. The van der Waals surface area contributed by atoms with Crippen LogP contribution in [-0.4, -0.2) is 17.5 Å². The normalized spacial score (nSPS) is 14.9. The number of fused-ring (bicyclic) bond motifs is 1. The average Bonchev–Trinajstić information content (AvgIpc) is 2.97. The molecule has 31 heavy (non-hydrogen) atoms. The second-order valence-corrected chi connectivity index (χ2v) is 7.28. The first-order valence-corrected chi connectivity index (χ1v) is 9.45. The lowest BCUT2D eigenvalue weighted by atomic mass is 9.73. The number of nitrogens with one attached hydrogen (secondary N) is 1. The third-order valence-electron chi connectivity index (χ3n) is 5.36. The van der Waals surface area contributed by atoms with Gasteiger partial charge in [-0.2, -0.15) is 13.2 Å². The maximum atomic E-state index is 13.4. The van der Waals surface area contributed by atoms with Crippen LogP contribution in [0.1, 0.15) is 38.3 Å². The van der Waals surface area contributed by atoms with Crippen molar-refractivity contribution in [2.24, 2.45) is 0 Å². The molecule has 3 aromatic rings. The molecule has 0 radical (unpaired) electrons. The molecule has 0 spiro atoms. The van der Waals surface area contributed by atoms with Crippen molar-refractivity contribution in [2.45, 2.75) is 18.0 Å². The molecule has 0 saturated carbocycles. The van der Waals surface area contributed by atoms with Gasteiger partial charge in [0.1, 0.15) is 5.41 Å². The summed E-state index contributed by atoms with van der Waals surface area (Å²) in [5.74, 6) is -1.74. The van der Waals surface area contributed by atoms with Crippen LogP contribution in [0.2, 0.25) is 0 Å². The number of rotatable bonds is 4. The van der Waals surface area contributed by atoms with Crippen LogP contribution in [0.5, 0.6) is 0 Å². The van der Waals surface area contributed by atoms with Crippen LogP contribution in [0.15, 0.2) is 78.9 Å². The molecule has 0 saturated heterocycles. The Morgan fingerprint density at radius 2 is 1.39 bits per heavy atom. The standard InChI is InChI=1S/C24H16F3NO3/c25-24(26,27)16-9-6-10-17(13-16)28-20(29)14-23(15-7-2-1-3-8-15)21(30)18-11-4-5-12-19(18)22(23)31/h1-13H,14H2,(H,28,29). The van der Waals surface area contributed by atoms with E-state index in [1.165, 1.54) is 24.3 Å². The van der Waals surface area contributed by atoms with Crippen molar-refractivity contribution in [2.75, 3.05) is 5.32 Å². The van der Waals surface area contributed by atoms with Gasteiger partial charge in [0.25, 0.3) is 0 Å². The van der Waals surface area contributed by atoms with Crippen LogP contribution in [0.25, 0.3) is 0 Å². The van der Waals surface area contributed by atoms with E-state index in [2.05, 4.69) is 5.32 Å². The van der Waals surface area contributed by atoms with Gasteiger partial charge in [-0.15, -0.1) is 0 Å². The fraction of sp³-hybridized carbons (Fsp3) is 0.125. The van der Waals surface area contributed by atoms with Gasteiger partial charge < -0.3 is 5.32 Å². The van der Waals surface area contributed by atoms with E-state index in [-0.39, 0.29) is 16.8 Å². The van der Waals surface area contributed by atoms with Gasteiger partial charge in [0, 0.05) is 16.8 Å². The second kappa shape index (κ2) is 7.50. The summed E-state index contributed by atoms with van der Waals surface area (Å²) in [4.78, 5) is 39.6. The van der Waals surface area contributed by atoms with Crippen LogP contribution in [0.4, 0.5) is 18.9 Å². The van der Waals surface area contributed by atoms with Crippen molar-refractivity contribution < 1.29 is 27.6 Å². The monoisotopic (exact) mass is 423 g/mol. The van der Waals surface area contributed by atoms with Crippen molar-refractivity contribution in [1.82, 2.24) is 0 Å². The maximum Gasteiger partial charge on any atom is 0.416 e. The number of anilines is 1. The lowest BCUT2D eigenvalue weighted by Crippen LogP contribution is -2.41. The van der Waals surface area contributed by atoms with Gasteiger partial charge in [0.05, 0.1) is 12.0 Å². The molecule has 156 valence electrons. The number of hydrogen-bond donors (Lipinski definition) is 1. The first-order chi connectivity index (χ1) is 14.7. The molecule has 0 aliphatic heterocycles. The Morgan fingerprint density at radius 3 is 1.97 bits per heavy atom. The van der Waals surface area contributed by atoms with Crippen LogP contribution in [-0.2, 0) is 16.4 Å². The van der Waals surface area contributed by atoms with Gasteiger partial charge >= 0.3 is 6.18 Å². The molecule has 0 heterocycles. The molecule has 1 N–H and O–H groups in total. The second-order valence-electron chi connectivity index (χ2n) is 7.28. The summed E-state index contributed by atoms with van der Waals surface area (Å²) in [5.41, 5.74) is -1.94. The molecule has 0 fully saturated rings. The number of hydrogen-bond acceptors (Lipinski definition) is 3. The smallest absolute Gasteiger partial charge is 0.326 e. The van der Waals surface area contributed by atoms with E-state index in [1.54, 1.807) is 42.5 Å². The third-order valence-corrected chi connectivity index (χ3v) is 5.36. The Bertz CT molecular complexity index is 1150. The summed E-state index contributed by atoms with van der Waals surface area (Å²) in [7, 11) is 0. The molecular formula is C24H16F3NO3. The molecule has 0 unspecified atom stereocenters. The summed E-state index contributed by atoms with van der Waals surface area (Å²) in [6.45, 7) is 0. The largest absolute Gasteiger partial charge is 0.416 e.